The molecule has 1 fully saturated rings. The Hall–Kier alpha value is -1.14. The average Bonchev–Trinajstić information content (AvgIpc) is 2.85. The Balaban J connectivity index is 1.95. The maximum atomic E-state index is 5.48. The van der Waals surface area contributed by atoms with Crippen molar-refractivity contribution in [1.82, 2.24) is 14.6 Å². The van der Waals surface area contributed by atoms with E-state index in [2.05, 4.69) is 30.9 Å². The molecule has 5 nitrogen and oxygen atoms in total. The number of rotatable bonds is 2. The Morgan fingerprint density at radius 3 is 3.29 bits per heavy atom. The van der Waals surface area contributed by atoms with E-state index in [-0.39, 0.29) is 0 Å². The lowest BCUT2D eigenvalue weighted by molar-refractivity contribution is 0.100. The van der Waals surface area contributed by atoms with E-state index in [1.54, 1.807) is 10.7 Å². The molecule has 3 rings (SSSR count). The van der Waals surface area contributed by atoms with Gasteiger partial charge < -0.3 is 9.64 Å². The van der Waals surface area contributed by atoms with Crippen LogP contribution in [0.2, 0.25) is 0 Å². The molecule has 0 aromatic carbocycles. The molecule has 1 aliphatic heterocycles. The molecule has 1 aliphatic rings. The molecule has 0 N–H and O–H groups in total. The zero-order valence-corrected chi connectivity index (χ0v) is 10.9. The van der Waals surface area contributed by atoms with E-state index < -0.39 is 0 Å². The maximum Gasteiger partial charge on any atom is 0.157 e. The summed E-state index contributed by atoms with van der Waals surface area (Å²) in [6, 6.07) is 4.26. The van der Waals surface area contributed by atoms with E-state index in [1.807, 2.05) is 18.3 Å². The number of ether oxygens (including phenoxy) is 1. The highest BCUT2D eigenvalue weighted by Crippen LogP contribution is 2.19. The Morgan fingerprint density at radius 2 is 2.41 bits per heavy atom. The van der Waals surface area contributed by atoms with Crippen molar-refractivity contribution >= 4 is 27.4 Å². The van der Waals surface area contributed by atoms with Gasteiger partial charge in [-0.25, -0.2) is 9.50 Å². The lowest BCUT2D eigenvalue weighted by Gasteiger charge is -2.35. The smallest absolute Gasteiger partial charge is 0.157 e. The van der Waals surface area contributed by atoms with E-state index in [0.29, 0.717) is 6.04 Å². The number of alkyl halides is 1. The summed E-state index contributed by atoms with van der Waals surface area (Å²) >= 11 is 3.52. The summed E-state index contributed by atoms with van der Waals surface area (Å²) in [6.07, 6.45) is 3.70. The van der Waals surface area contributed by atoms with Crippen LogP contribution in [-0.4, -0.2) is 45.7 Å². The second kappa shape index (κ2) is 4.62. The summed E-state index contributed by atoms with van der Waals surface area (Å²) in [5, 5.41) is 5.03. The molecular formula is C11H13BrN4O. The number of fused-ring (bicyclic) bond motifs is 1. The summed E-state index contributed by atoms with van der Waals surface area (Å²) in [5.74, 6) is 0.991. The summed E-state index contributed by atoms with van der Waals surface area (Å²) in [5.41, 5.74) is 0.877. The van der Waals surface area contributed by atoms with E-state index >= 15 is 0 Å². The fourth-order valence-electron chi connectivity index (χ4n) is 2.05. The number of nitrogens with zero attached hydrogens (tertiary/aromatic N) is 4. The predicted molar refractivity (Wildman–Crippen MR) is 68.7 cm³/mol. The highest BCUT2D eigenvalue weighted by molar-refractivity contribution is 9.09. The van der Waals surface area contributed by atoms with Crippen LogP contribution >= 0.6 is 15.9 Å². The van der Waals surface area contributed by atoms with Crippen LogP contribution in [0.15, 0.2) is 24.5 Å². The highest BCUT2D eigenvalue weighted by Gasteiger charge is 2.23. The minimum absolute atomic E-state index is 0.349. The molecule has 0 bridgehead atoms. The van der Waals surface area contributed by atoms with E-state index in [4.69, 9.17) is 4.74 Å². The molecule has 0 aliphatic carbocycles. The largest absolute Gasteiger partial charge is 0.377 e. The molecule has 0 radical (unpaired) electrons. The lowest BCUT2D eigenvalue weighted by Crippen LogP contribution is -2.47. The van der Waals surface area contributed by atoms with Crippen LogP contribution in [0.25, 0.3) is 5.65 Å². The Labute approximate surface area is 108 Å². The van der Waals surface area contributed by atoms with Gasteiger partial charge >= 0.3 is 0 Å². The number of halogens is 1. The van der Waals surface area contributed by atoms with Gasteiger partial charge in [-0.2, -0.15) is 5.10 Å². The predicted octanol–water partition coefficient (Wildman–Crippen LogP) is 1.33. The normalized spacial score (nSPS) is 21.0. The van der Waals surface area contributed by atoms with Crippen LogP contribution in [-0.2, 0) is 4.74 Å². The molecule has 90 valence electrons. The first-order valence-electron chi connectivity index (χ1n) is 5.59. The third-order valence-corrected chi connectivity index (χ3v) is 3.69. The second-order valence-corrected chi connectivity index (χ2v) is 4.64. The quantitative estimate of drug-likeness (QED) is 0.784. The monoisotopic (exact) mass is 296 g/mol. The molecule has 0 saturated carbocycles. The number of hydrogen-bond donors (Lipinski definition) is 0. The molecule has 3 heterocycles. The van der Waals surface area contributed by atoms with Gasteiger partial charge in [-0.1, -0.05) is 15.9 Å². The first-order valence-corrected chi connectivity index (χ1v) is 6.71. The highest BCUT2D eigenvalue weighted by atomic mass is 79.9. The van der Waals surface area contributed by atoms with Crippen LogP contribution in [0.3, 0.4) is 0 Å². The minimum Gasteiger partial charge on any atom is -0.377 e. The van der Waals surface area contributed by atoms with Gasteiger partial charge in [-0.3, -0.25) is 0 Å². The van der Waals surface area contributed by atoms with Gasteiger partial charge in [0, 0.05) is 24.1 Å². The average molecular weight is 297 g/mol. The first-order chi connectivity index (χ1) is 8.38. The van der Waals surface area contributed by atoms with Gasteiger partial charge in [0.15, 0.2) is 5.65 Å². The van der Waals surface area contributed by atoms with Crippen molar-refractivity contribution in [1.29, 1.82) is 0 Å². The van der Waals surface area contributed by atoms with Crippen molar-refractivity contribution in [3.8, 4) is 0 Å². The van der Waals surface area contributed by atoms with Crippen LogP contribution in [0.4, 0.5) is 5.82 Å². The van der Waals surface area contributed by atoms with Gasteiger partial charge in [0.1, 0.15) is 5.82 Å². The third kappa shape index (κ3) is 2.02. The van der Waals surface area contributed by atoms with Gasteiger partial charge in [-0.05, 0) is 6.07 Å². The van der Waals surface area contributed by atoms with Crippen molar-refractivity contribution in [3.05, 3.63) is 24.5 Å². The molecule has 0 amide bonds. The number of morpholine rings is 1. The molecule has 0 spiro atoms. The topological polar surface area (TPSA) is 42.7 Å². The summed E-state index contributed by atoms with van der Waals surface area (Å²) < 4.78 is 7.25. The Kier molecular flexibility index (Phi) is 2.98. The minimum atomic E-state index is 0.349. The van der Waals surface area contributed by atoms with Crippen molar-refractivity contribution < 1.29 is 4.74 Å². The molecule has 1 saturated heterocycles. The molecule has 2 aromatic rings. The maximum absolute atomic E-state index is 5.48. The fourth-order valence-corrected chi connectivity index (χ4v) is 2.58. The van der Waals surface area contributed by atoms with Gasteiger partial charge in [-0.15, -0.1) is 0 Å². The number of anilines is 1. The molecule has 2 aromatic heterocycles. The zero-order valence-electron chi connectivity index (χ0n) is 9.29. The summed E-state index contributed by atoms with van der Waals surface area (Å²) in [7, 11) is 0. The van der Waals surface area contributed by atoms with Gasteiger partial charge in [0.2, 0.25) is 0 Å². The van der Waals surface area contributed by atoms with Crippen molar-refractivity contribution in [2.45, 2.75) is 6.04 Å². The zero-order chi connectivity index (χ0) is 11.7. The second-order valence-electron chi connectivity index (χ2n) is 4.00. The van der Waals surface area contributed by atoms with Crippen molar-refractivity contribution in [3.63, 3.8) is 0 Å². The van der Waals surface area contributed by atoms with E-state index in [9.17, 15) is 0 Å². The third-order valence-electron chi connectivity index (χ3n) is 2.94. The van der Waals surface area contributed by atoms with Crippen LogP contribution in [0.5, 0.6) is 0 Å². The lowest BCUT2D eigenvalue weighted by atomic mass is 10.2. The molecule has 1 unspecified atom stereocenters. The molecule has 6 heteroatoms. The SMILES string of the molecule is BrCC1COCCN1c1ccn2nccc2n1. The van der Waals surface area contributed by atoms with Crippen LogP contribution < -0.4 is 4.90 Å². The van der Waals surface area contributed by atoms with Crippen LogP contribution in [0.1, 0.15) is 0 Å². The molecule has 17 heavy (non-hydrogen) atoms. The first kappa shape index (κ1) is 11.0. The Bertz CT molecular complexity index is 515. The van der Waals surface area contributed by atoms with Crippen molar-refractivity contribution in [2.24, 2.45) is 0 Å². The summed E-state index contributed by atoms with van der Waals surface area (Å²) in [6.45, 7) is 2.39. The number of hydrogen-bond acceptors (Lipinski definition) is 4. The Morgan fingerprint density at radius 1 is 1.47 bits per heavy atom. The molecule has 1 atom stereocenters. The standard InChI is InChI=1S/C11H13BrN4O/c12-7-9-8-17-6-5-15(9)10-2-4-16-11(14-10)1-3-13-16/h1-4,9H,5-8H2. The van der Waals surface area contributed by atoms with Gasteiger partial charge in [0.25, 0.3) is 0 Å². The molecular weight excluding hydrogens is 284 g/mol. The van der Waals surface area contributed by atoms with E-state index in [1.165, 1.54) is 0 Å². The fraction of sp³-hybridized carbons (Fsp3) is 0.455. The van der Waals surface area contributed by atoms with E-state index in [0.717, 1.165) is 36.6 Å². The van der Waals surface area contributed by atoms with Gasteiger partial charge in [0.05, 0.1) is 25.5 Å². The summed E-state index contributed by atoms with van der Waals surface area (Å²) in [4.78, 5) is 6.89. The van der Waals surface area contributed by atoms with Crippen LogP contribution in [0, 0.1) is 0 Å². The van der Waals surface area contributed by atoms with Crippen molar-refractivity contribution in [2.75, 3.05) is 30.0 Å². The number of aromatic nitrogens is 3.